The largest absolute Gasteiger partial charge is 0.493 e. The van der Waals surface area contributed by atoms with Crippen molar-refractivity contribution in [1.82, 2.24) is 0 Å². The lowest BCUT2D eigenvalue weighted by Crippen LogP contribution is -2.13. The summed E-state index contributed by atoms with van der Waals surface area (Å²) in [7, 11) is 0. The van der Waals surface area contributed by atoms with Gasteiger partial charge in [-0.1, -0.05) is 0 Å². The minimum absolute atomic E-state index is 0.0785. The zero-order valence-corrected chi connectivity index (χ0v) is 10.5. The van der Waals surface area contributed by atoms with Gasteiger partial charge in [-0.15, -0.1) is 0 Å². The fourth-order valence-corrected chi connectivity index (χ4v) is 2.30. The van der Waals surface area contributed by atoms with Gasteiger partial charge in [-0.2, -0.15) is 0 Å². The first-order valence-corrected chi connectivity index (χ1v) is 6.33. The molecule has 1 atom stereocenters. The summed E-state index contributed by atoms with van der Waals surface area (Å²) >= 11 is 0. The van der Waals surface area contributed by atoms with E-state index in [2.05, 4.69) is 0 Å². The third kappa shape index (κ3) is 3.30. The molecule has 1 fully saturated rings. The van der Waals surface area contributed by atoms with E-state index in [1.807, 2.05) is 0 Å². The van der Waals surface area contributed by atoms with E-state index >= 15 is 0 Å². The van der Waals surface area contributed by atoms with Crippen LogP contribution in [0.25, 0.3) is 0 Å². The van der Waals surface area contributed by atoms with E-state index in [1.54, 1.807) is 0 Å². The fourth-order valence-electron chi connectivity index (χ4n) is 2.30. The maximum Gasteiger partial charge on any atom is 0.251 e. The van der Waals surface area contributed by atoms with E-state index in [4.69, 9.17) is 10.5 Å². The third-order valence-electron chi connectivity index (χ3n) is 3.37. The van der Waals surface area contributed by atoms with Gasteiger partial charge in [-0.25, -0.2) is 4.39 Å². The second-order valence-corrected chi connectivity index (χ2v) is 4.70. The van der Waals surface area contributed by atoms with E-state index in [9.17, 15) is 14.0 Å². The van der Waals surface area contributed by atoms with Crippen LogP contribution in [-0.2, 0) is 4.79 Å². The van der Waals surface area contributed by atoms with Crippen molar-refractivity contribution >= 4 is 11.7 Å². The highest BCUT2D eigenvalue weighted by atomic mass is 19.1. The Morgan fingerprint density at radius 2 is 2.26 bits per heavy atom. The topological polar surface area (TPSA) is 69.4 Å². The molecule has 0 radical (unpaired) electrons. The monoisotopic (exact) mass is 265 g/mol. The first-order chi connectivity index (χ1) is 9.08. The van der Waals surface area contributed by atoms with Crippen LogP contribution in [-0.4, -0.2) is 18.3 Å². The lowest BCUT2D eigenvalue weighted by atomic mass is 10.0. The fraction of sp³-hybridized carbons (Fsp3) is 0.429. The summed E-state index contributed by atoms with van der Waals surface area (Å²) in [5.74, 6) is -0.788. The molecule has 0 bridgehead atoms. The van der Waals surface area contributed by atoms with Gasteiger partial charge in [0.05, 0.1) is 12.2 Å². The lowest BCUT2D eigenvalue weighted by Gasteiger charge is -2.10. The van der Waals surface area contributed by atoms with Gasteiger partial charge in [0, 0.05) is 18.4 Å². The molecule has 4 nitrogen and oxygen atoms in total. The molecule has 1 aliphatic carbocycles. The van der Waals surface area contributed by atoms with Crippen LogP contribution >= 0.6 is 0 Å². The first-order valence-electron chi connectivity index (χ1n) is 6.33. The maximum absolute atomic E-state index is 13.5. The minimum atomic E-state index is -0.805. The second-order valence-electron chi connectivity index (χ2n) is 4.70. The summed E-state index contributed by atoms with van der Waals surface area (Å²) in [5, 5.41) is 0. The SMILES string of the molecule is NC(=O)c1ccc(OCCC2CCCC2=O)cc1F. The number of primary amides is 1. The van der Waals surface area contributed by atoms with E-state index < -0.39 is 11.7 Å². The summed E-state index contributed by atoms with van der Waals surface area (Å²) in [5.41, 5.74) is 4.85. The highest BCUT2D eigenvalue weighted by molar-refractivity contribution is 5.93. The van der Waals surface area contributed by atoms with Crippen LogP contribution in [0.1, 0.15) is 36.0 Å². The molecule has 1 aromatic carbocycles. The van der Waals surface area contributed by atoms with Crippen LogP contribution < -0.4 is 10.5 Å². The van der Waals surface area contributed by atoms with Gasteiger partial charge in [0.1, 0.15) is 17.3 Å². The summed E-state index contributed by atoms with van der Waals surface area (Å²) in [6.45, 7) is 0.367. The Morgan fingerprint density at radius 3 is 2.84 bits per heavy atom. The molecule has 2 N–H and O–H groups in total. The molecule has 5 heteroatoms. The van der Waals surface area contributed by atoms with E-state index in [0.29, 0.717) is 31.0 Å². The quantitative estimate of drug-likeness (QED) is 0.886. The number of Topliss-reactive ketones (excluding diaryl/α,β-unsaturated/α-hetero) is 1. The Kier molecular flexibility index (Phi) is 4.14. The molecule has 0 aliphatic heterocycles. The summed E-state index contributed by atoms with van der Waals surface area (Å²) < 4.78 is 18.8. The van der Waals surface area contributed by atoms with Crippen molar-refractivity contribution < 1.29 is 18.7 Å². The number of hydrogen-bond acceptors (Lipinski definition) is 3. The molecule has 1 unspecified atom stereocenters. The molecule has 19 heavy (non-hydrogen) atoms. The van der Waals surface area contributed by atoms with Gasteiger partial charge < -0.3 is 10.5 Å². The second kappa shape index (κ2) is 5.82. The standard InChI is InChI=1S/C14H16FNO3/c15-12-8-10(4-5-11(12)14(16)18)19-7-6-9-2-1-3-13(9)17/h4-5,8-9H,1-3,6-7H2,(H2,16,18). The Bertz CT molecular complexity index is 501. The summed E-state index contributed by atoms with van der Waals surface area (Å²) in [6.07, 6.45) is 3.17. The molecular weight excluding hydrogens is 249 g/mol. The number of carbonyl (C=O) groups excluding carboxylic acids is 2. The van der Waals surface area contributed by atoms with Crippen molar-refractivity contribution in [3.63, 3.8) is 0 Å². The van der Waals surface area contributed by atoms with Crippen LogP contribution in [0.4, 0.5) is 4.39 Å². The molecule has 0 heterocycles. The predicted molar refractivity (Wildman–Crippen MR) is 67.4 cm³/mol. The molecule has 1 saturated carbocycles. The first kappa shape index (κ1) is 13.5. The van der Waals surface area contributed by atoms with Crippen LogP contribution in [0.2, 0.25) is 0 Å². The molecule has 0 saturated heterocycles. The number of hydrogen-bond donors (Lipinski definition) is 1. The zero-order chi connectivity index (χ0) is 13.8. The third-order valence-corrected chi connectivity index (χ3v) is 3.37. The number of benzene rings is 1. The van der Waals surface area contributed by atoms with Gasteiger partial charge in [-0.3, -0.25) is 9.59 Å². The number of nitrogens with two attached hydrogens (primary N) is 1. The molecule has 0 spiro atoms. The number of ketones is 1. The number of halogens is 1. The molecular formula is C14H16FNO3. The van der Waals surface area contributed by atoms with Crippen LogP contribution in [0.5, 0.6) is 5.75 Å². The minimum Gasteiger partial charge on any atom is -0.493 e. The van der Waals surface area contributed by atoms with Crippen molar-refractivity contribution in [2.24, 2.45) is 11.7 Å². The normalized spacial score (nSPS) is 18.6. The van der Waals surface area contributed by atoms with Crippen molar-refractivity contribution in [3.8, 4) is 5.75 Å². The zero-order valence-electron chi connectivity index (χ0n) is 10.5. The molecule has 102 valence electrons. The molecule has 1 aromatic rings. The summed E-state index contributed by atoms with van der Waals surface area (Å²) in [6, 6.07) is 3.93. The van der Waals surface area contributed by atoms with Gasteiger partial charge in [0.15, 0.2) is 0 Å². The van der Waals surface area contributed by atoms with Crippen LogP contribution in [0.3, 0.4) is 0 Å². The van der Waals surface area contributed by atoms with Crippen molar-refractivity contribution in [3.05, 3.63) is 29.6 Å². The molecule has 1 aliphatic rings. The number of rotatable bonds is 5. The Morgan fingerprint density at radius 1 is 1.47 bits per heavy atom. The van der Waals surface area contributed by atoms with Gasteiger partial charge in [0.2, 0.25) is 0 Å². The Balaban J connectivity index is 1.88. The molecule has 0 aromatic heterocycles. The average molecular weight is 265 g/mol. The van der Waals surface area contributed by atoms with Gasteiger partial charge >= 0.3 is 0 Å². The van der Waals surface area contributed by atoms with Crippen LogP contribution in [0.15, 0.2) is 18.2 Å². The van der Waals surface area contributed by atoms with Crippen LogP contribution in [0, 0.1) is 11.7 Å². The molecule has 1 amide bonds. The highest BCUT2D eigenvalue weighted by Crippen LogP contribution is 2.24. The smallest absolute Gasteiger partial charge is 0.251 e. The van der Waals surface area contributed by atoms with E-state index in [1.165, 1.54) is 12.1 Å². The van der Waals surface area contributed by atoms with Crippen molar-refractivity contribution in [2.75, 3.05) is 6.61 Å². The van der Waals surface area contributed by atoms with Gasteiger partial charge in [0.25, 0.3) is 5.91 Å². The average Bonchev–Trinajstić information content (AvgIpc) is 2.75. The lowest BCUT2D eigenvalue weighted by molar-refractivity contribution is -0.121. The summed E-state index contributed by atoms with van der Waals surface area (Å²) in [4.78, 5) is 22.3. The van der Waals surface area contributed by atoms with E-state index in [-0.39, 0.29) is 11.5 Å². The van der Waals surface area contributed by atoms with E-state index in [0.717, 1.165) is 18.9 Å². The highest BCUT2D eigenvalue weighted by Gasteiger charge is 2.23. The number of ether oxygens (including phenoxy) is 1. The Hall–Kier alpha value is -1.91. The number of carbonyl (C=O) groups is 2. The predicted octanol–water partition coefficient (Wildman–Crippen LogP) is 2.06. The van der Waals surface area contributed by atoms with Crippen molar-refractivity contribution in [2.45, 2.75) is 25.7 Å². The number of amides is 1. The van der Waals surface area contributed by atoms with Gasteiger partial charge in [-0.05, 0) is 31.4 Å². The van der Waals surface area contributed by atoms with Crippen molar-refractivity contribution in [1.29, 1.82) is 0 Å². The Labute approximate surface area is 110 Å². The maximum atomic E-state index is 13.5. The molecule has 2 rings (SSSR count).